The second-order valence-electron chi connectivity index (χ2n) is 3.83. The van der Waals surface area contributed by atoms with Gasteiger partial charge in [0.25, 0.3) is 0 Å². The van der Waals surface area contributed by atoms with Crippen LogP contribution in [0.25, 0.3) is 0 Å². The summed E-state index contributed by atoms with van der Waals surface area (Å²) in [7, 11) is 1.14. The summed E-state index contributed by atoms with van der Waals surface area (Å²) in [4.78, 5) is 10.6. The first kappa shape index (κ1) is 15.1. The largest absolute Gasteiger partial charge is 0.504 e. The number of benzene rings is 1. The van der Waals surface area contributed by atoms with Gasteiger partial charge in [0, 0.05) is 5.56 Å². The SMILES string of the molecule is COc1cc(CC(=O)O)cc([C@@H](N)C(F)(F)F)c1O. The molecule has 0 amide bonds. The number of hydrogen-bond donors (Lipinski definition) is 3. The van der Waals surface area contributed by atoms with Crippen LogP contribution in [0.3, 0.4) is 0 Å². The summed E-state index contributed by atoms with van der Waals surface area (Å²) in [5.74, 6) is -2.23. The minimum atomic E-state index is -4.76. The number of phenols is 1. The minimum absolute atomic E-state index is 0.0526. The normalized spacial score (nSPS) is 13.1. The van der Waals surface area contributed by atoms with Gasteiger partial charge in [-0.25, -0.2) is 0 Å². The Bertz CT molecular complexity index is 488. The Morgan fingerprint density at radius 3 is 2.47 bits per heavy atom. The van der Waals surface area contributed by atoms with Gasteiger partial charge in [0.2, 0.25) is 0 Å². The highest BCUT2D eigenvalue weighted by Gasteiger charge is 2.40. The van der Waals surface area contributed by atoms with Crippen molar-refractivity contribution in [1.29, 1.82) is 0 Å². The fourth-order valence-electron chi connectivity index (χ4n) is 1.53. The van der Waals surface area contributed by atoms with Crippen molar-refractivity contribution in [3.63, 3.8) is 0 Å². The molecule has 5 nitrogen and oxygen atoms in total. The van der Waals surface area contributed by atoms with Gasteiger partial charge in [-0.2, -0.15) is 13.2 Å². The quantitative estimate of drug-likeness (QED) is 0.778. The Kier molecular flexibility index (Phi) is 4.25. The van der Waals surface area contributed by atoms with Crippen LogP contribution >= 0.6 is 0 Å². The van der Waals surface area contributed by atoms with E-state index in [9.17, 15) is 23.1 Å². The number of aromatic hydroxyl groups is 1. The van der Waals surface area contributed by atoms with E-state index >= 15 is 0 Å². The van der Waals surface area contributed by atoms with Gasteiger partial charge < -0.3 is 20.7 Å². The fourth-order valence-corrected chi connectivity index (χ4v) is 1.53. The van der Waals surface area contributed by atoms with Gasteiger partial charge in [-0.15, -0.1) is 0 Å². The Morgan fingerprint density at radius 2 is 2.05 bits per heavy atom. The van der Waals surface area contributed by atoms with Gasteiger partial charge in [0.05, 0.1) is 13.5 Å². The lowest BCUT2D eigenvalue weighted by atomic mass is 10.0. The number of nitrogens with two attached hydrogens (primary N) is 1. The lowest BCUT2D eigenvalue weighted by Crippen LogP contribution is -2.28. The first-order valence-electron chi connectivity index (χ1n) is 5.10. The van der Waals surface area contributed by atoms with Gasteiger partial charge in [-0.05, 0) is 17.7 Å². The predicted molar refractivity (Wildman–Crippen MR) is 59.0 cm³/mol. The Labute approximate surface area is 106 Å². The Morgan fingerprint density at radius 1 is 1.47 bits per heavy atom. The molecule has 0 radical (unpaired) electrons. The molecule has 0 heterocycles. The van der Waals surface area contributed by atoms with Crippen molar-refractivity contribution in [3.05, 3.63) is 23.3 Å². The standard InChI is InChI=1S/C11H12F3NO4/c1-19-7-3-5(4-8(16)17)2-6(9(7)18)10(15)11(12,13)14/h2-3,10,18H,4,15H2,1H3,(H,16,17)/t10-/m1/s1. The summed E-state index contributed by atoms with van der Waals surface area (Å²) in [6.07, 6.45) is -5.27. The lowest BCUT2D eigenvalue weighted by Gasteiger charge is -2.19. The van der Waals surface area contributed by atoms with Crippen molar-refractivity contribution in [2.45, 2.75) is 18.6 Å². The molecule has 0 spiro atoms. The molecule has 0 saturated carbocycles. The summed E-state index contributed by atoms with van der Waals surface area (Å²) in [5, 5.41) is 18.3. The van der Waals surface area contributed by atoms with Crippen molar-refractivity contribution in [1.82, 2.24) is 0 Å². The molecule has 1 rings (SSSR count). The number of methoxy groups -OCH3 is 1. The van der Waals surface area contributed by atoms with Gasteiger partial charge in [0.15, 0.2) is 11.5 Å². The molecule has 0 aliphatic carbocycles. The second-order valence-corrected chi connectivity index (χ2v) is 3.83. The van der Waals surface area contributed by atoms with Crippen molar-refractivity contribution >= 4 is 5.97 Å². The highest BCUT2D eigenvalue weighted by Crippen LogP contribution is 2.40. The molecule has 0 bridgehead atoms. The summed E-state index contributed by atoms with van der Waals surface area (Å²) in [5.41, 5.74) is 4.44. The molecule has 0 aliphatic heterocycles. The number of ether oxygens (including phenoxy) is 1. The minimum Gasteiger partial charge on any atom is -0.504 e. The van der Waals surface area contributed by atoms with Crippen LogP contribution in [0.4, 0.5) is 13.2 Å². The molecule has 0 fully saturated rings. The molecule has 19 heavy (non-hydrogen) atoms. The first-order valence-corrected chi connectivity index (χ1v) is 5.10. The number of rotatable bonds is 4. The van der Waals surface area contributed by atoms with Crippen LogP contribution in [-0.4, -0.2) is 29.5 Å². The molecule has 1 aromatic carbocycles. The van der Waals surface area contributed by atoms with E-state index in [4.69, 9.17) is 15.6 Å². The van der Waals surface area contributed by atoms with Crippen LogP contribution in [0.2, 0.25) is 0 Å². The number of carboxylic acid groups (broad SMARTS) is 1. The fraction of sp³-hybridized carbons (Fsp3) is 0.364. The van der Waals surface area contributed by atoms with Crippen LogP contribution in [0, 0.1) is 0 Å². The highest BCUT2D eigenvalue weighted by atomic mass is 19.4. The third-order valence-electron chi connectivity index (χ3n) is 2.43. The number of carbonyl (C=O) groups is 1. The zero-order chi connectivity index (χ0) is 14.8. The maximum atomic E-state index is 12.6. The number of phenolic OH excluding ortho intramolecular Hbond substituents is 1. The molecular formula is C11H12F3NO4. The van der Waals surface area contributed by atoms with E-state index in [0.29, 0.717) is 0 Å². The van der Waals surface area contributed by atoms with Gasteiger partial charge in [0.1, 0.15) is 6.04 Å². The van der Waals surface area contributed by atoms with Crippen LogP contribution in [0.1, 0.15) is 17.2 Å². The van der Waals surface area contributed by atoms with Crippen molar-refractivity contribution in [2.24, 2.45) is 5.73 Å². The molecular weight excluding hydrogens is 267 g/mol. The van der Waals surface area contributed by atoms with Crippen molar-refractivity contribution in [3.8, 4) is 11.5 Å². The molecule has 0 saturated heterocycles. The zero-order valence-corrected chi connectivity index (χ0v) is 9.86. The smallest absolute Gasteiger partial charge is 0.407 e. The molecule has 1 atom stereocenters. The molecule has 106 valence electrons. The Balaban J connectivity index is 3.33. The van der Waals surface area contributed by atoms with E-state index in [2.05, 4.69) is 0 Å². The average Bonchev–Trinajstić information content (AvgIpc) is 2.28. The molecule has 0 unspecified atom stereocenters. The number of hydrogen-bond acceptors (Lipinski definition) is 4. The van der Waals surface area contributed by atoms with E-state index in [1.807, 2.05) is 0 Å². The number of halogens is 3. The predicted octanol–water partition coefficient (Wildman–Crippen LogP) is 1.59. The maximum Gasteiger partial charge on any atom is 0.407 e. The summed E-state index contributed by atoms with van der Waals surface area (Å²) >= 11 is 0. The van der Waals surface area contributed by atoms with Crippen LogP contribution in [0.15, 0.2) is 12.1 Å². The number of carboxylic acids is 1. The summed E-state index contributed by atoms with van der Waals surface area (Å²) < 4.78 is 42.4. The third kappa shape index (κ3) is 3.50. The van der Waals surface area contributed by atoms with E-state index < -0.39 is 35.9 Å². The van der Waals surface area contributed by atoms with Gasteiger partial charge in [-0.3, -0.25) is 4.79 Å². The van der Waals surface area contributed by atoms with E-state index in [0.717, 1.165) is 19.2 Å². The Hall–Kier alpha value is -1.96. The molecule has 8 heteroatoms. The molecule has 4 N–H and O–H groups in total. The van der Waals surface area contributed by atoms with Crippen molar-refractivity contribution < 1.29 is 32.9 Å². The van der Waals surface area contributed by atoms with E-state index in [1.54, 1.807) is 0 Å². The third-order valence-corrected chi connectivity index (χ3v) is 2.43. The number of aliphatic carboxylic acids is 1. The van der Waals surface area contributed by atoms with E-state index in [-0.39, 0.29) is 11.3 Å². The van der Waals surface area contributed by atoms with Crippen LogP contribution in [-0.2, 0) is 11.2 Å². The molecule has 1 aromatic rings. The highest BCUT2D eigenvalue weighted by molar-refractivity contribution is 5.71. The van der Waals surface area contributed by atoms with E-state index in [1.165, 1.54) is 0 Å². The van der Waals surface area contributed by atoms with Crippen LogP contribution in [0.5, 0.6) is 11.5 Å². The maximum absolute atomic E-state index is 12.6. The van der Waals surface area contributed by atoms with Gasteiger partial charge in [-0.1, -0.05) is 0 Å². The molecule has 0 aliphatic rings. The summed E-state index contributed by atoms with van der Waals surface area (Å²) in [6, 6.07) is -0.365. The second kappa shape index (κ2) is 5.35. The van der Waals surface area contributed by atoms with Crippen LogP contribution < -0.4 is 10.5 Å². The van der Waals surface area contributed by atoms with Crippen molar-refractivity contribution in [2.75, 3.05) is 7.11 Å². The lowest BCUT2D eigenvalue weighted by molar-refractivity contribution is -0.149. The molecule has 0 aromatic heterocycles. The number of alkyl halides is 3. The average molecular weight is 279 g/mol. The zero-order valence-electron chi connectivity index (χ0n) is 9.86. The first-order chi connectivity index (χ1) is 8.66. The summed E-state index contributed by atoms with van der Waals surface area (Å²) in [6.45, 7) is 0. The van der Waals surface area contributed by atoms with Gasteiger partial charge >= 0.3 is 12.1 Å². The topological polar surface area (TPSA) is 92.8 Å². The monoisotopic (exact) mass is 279 g/mol.